The van der Waals surface area contributed by atoms with Crippen molar-refractivity contribution in [3.05, 3.63) is 70.8 Å². The molecule has 2 aromatic rings. The molecule has 0 amide bonds. The normalized spacial score (nSPS) is 29.6. The molecule has 3 heteroatoms. The van der Waals surface area contributed by atoms with Crippen molar-refractivity contribution in [3.63, 3.8) is 0 Å². The Kier molecular flexibility index (Phi) is 2.31. The second kappa shape index (κ2) is 3.86. The molecule has 0 aliphatic heterocycles. The van der Waals surface area contributed by atoms with Gasteiger partial charge in [0.25, 0.3) is 0 Å². The molecule has 1 N–H and O–H groups in total. The van der Waals surface area contributed by atoms with E-state index in [1.54, 1.807) is 0 Å². The number of aliphatic carboxylic acids is 1. The van der Waals surface area contributed by atoms with Gasteiger partial charge in [-0.3, -0.25) is 4.79 Å². The molecule has 5 rings (SSSR count). The highest BCUT2D eigenvalue weighted by molar-refractivity contribution is 6.35. The zero-order valence-electron chi connectivity index (χ0n) is 10.7. The molecule has 0 spiro atoms. The summed E-state index contributed by atoms with van der Waals surface area (Å²) in [5.74, 6) is -1.10. The van der Waals surface area contributed by atoms with Crippen LogP contribution in [0, 0.1) is 0 Å². The summed E-state index contributed by atoms with van der Waals surface area (Å²) in [7, 11) is 0. The number of rotatable bonds is 1. The summed E-state index contributed by atoms with van der Waals surface area (Å²) in [4.78, 5) is 10.5. The van der Waals surface area contributed by atoms with Crippen molar-refractivity contribution >= 4 is 17.6 Å². The van der Waals surface area contributed by atoms with Crippen molar-refractivity contribution in [2.75, 3.05) is 0 Å². The van der Waals surface area contributed by atoms with E-state index in [2.05, 4.69) is 12.1 Å². The first-order chi connectivity index (χ1) is 9.63. The topological polar surface area (TPSA) is 37.3 Å². The van der Waals surface area contributed by atoms with Gasteiger partial charge in [0.2, 0.25) is 0 Å². The smallest absolute Gasteiger partial charge is 0.325 e. The van der Waals surface area contributed by atoms with Gasteiger partial charge < -0.3 is 5.11 Å². The minimum absolute atomic E-state index is 0.0843. The number of halogens is 1. The quantitative estimate of drug-likeness (QED) is 0.810. The fourth-order valence-electron chi connectivity index (χ4n) is 3.86. The van der Waals surface area contributed by atoms with Crippen LogP contribution in [0.3, 0.4) is 0 Å². The highest BCUT2D eigenvalue weighted by atomic mass is 35.5. The summed E-state index contributed by atoms with van der Waals surface area (Å²) in [6.45, 7) is 0. The Morgan fingerprint density at radius 1 is 1.00 bits per heavy atom. The van der Waals surface area contributed by atoms with Gasteiger partial charge in [-0.15, -0.1) is 11.6 Å². The van der Waals surface area contributed by atoms with Gasteiger partial charge in [-0.05, 0) is 28.7 Å². The summed E-state index contributed by atoms with van der Waals surface area (Å²) < 4.78 is 0. The van der Waals surface area contributed by atoms with E-state index in [-0.39, 0.29) is 11.8 Å². The molecule has 2 aromatic carbocycles. The van der Waals surface area contributed by atoms with Crippen LogP contribution >= 0.6 is 11.6 Å². The number of fused-ring (bicyclic) bond motifs is 1. The molecule has 0 saturated heterocycles. The molecule has 20 heavy (non-hydrogen) atoms. The molecule has 100 valence electrons. The molecule has 3 aliphatic carbocycles. The van der Waals surface area contributed by atoms with E-state index in [9.17, 15) is 9.90 Å². The maximum absolute atomic E-state index is 11.8. The Morgan fingerprint density at radius 3 is 1.90 bits per heavy atom. The lowest BCUT2D eigenvalue weighted by Gasteiger charge is -2.48. The molecular weight excluding hydrogens is 272 g/mol. The average molecular weight is 285 g/mol. The first-order valence-electron chi connectivity index (χ1n) is 6.73. The van der Waals surface area contributed by atoms with Crippen LogP contribution in [0.15, 0.2) is 48.5 Å². The Labute approximate surface area is 122 Å². The predicted molar refractivity (Wildman–Crippen MR) is 77.4 cm³/mol. The van der Waals surface area contributed by atoms with Crippen LogP contribution < -0.4 is 0 Å². The first kappa shape index (κ1) is 12.0. The van der Waals surface area contributed by atoms with E-state index in [0.717, 1.165) is 11.1 Å². The Balaban J connectivity index is 2.05. The van der Waals surface area contributed by atoms with Crippen molar-refractivity contribution in [2.24, 2.45) is 0 Å². The lowest BCUT2D eigenvalue weighted by Crippen LogP contribution is -2.48. The van der Waals surface area contributed by atoms with Crippen molar-refractivity contribution in [2.45, 2.75) is 23.1 Å². The largest absolute Gasteiger partial charge is 0.480 e. The number of alkyl halides is 1. The number of carboxylic acid groups (broad SMARTS) is 1. The molecule has 2 bridgehead atoms. The zero-order valence-corrected chi connectivity index (χ0v) is 11.5. The van der Waals surface area contributed by atoms with Crippen LogP contribution in [-0.2, 0) is 4.79 Å². The minimum atomic E-state index is -1.23. The lowest BCUT2D eigenvalue weighted by atomic mass is 9.59. The van der Waals surface area contributed by atoms with E-state index in [1.807, 2.05) is 36.4 Å². The SMILES string of the molecule is O=C(O)[C@@]1(Cl)CC2c3ccccc3C1c1ccccc12. The first-order valence-corrected chi connectivity index (χ1v) is 7.10. The van der Waals surface area contributed by atoms with Gasteiger partial charge in [-0.25, -0.2) is 0 Å². The van der Waals surface area contributed by atoms with Gasteiger partial charge in [0.15, 0.2) is 4.87 Å². The Bertz CT molecular complexity index is 677. The third kappa shape index (κ3) is 1.32. The van der Waals surface area contributed by atoms with E-state index < -0.39 is 10.8 Å². The van der Waals surface area contributed by atoms with Crippen LogP contribution in [0.5, 0.6) is 0 Å². The van der Waals surface area contributed by atoms with Gasteiger partial charge in [-0.1, -0.05) is 48.5 Å². The van der Waals surface area contributed by atoms with Crippen molar-refractivity contribution in [1.82, 2.24) is 0 Å². The van der Waals surface area contributed by atoms with Crippen molar-refractivity contribution in [1.29, 1.82) is 0 Å². The zero-order chi connectivity index (χ0) is 13.9. The van der Waals surface area contributed by atoms with Crippen LogP contribution in [0.1, 0.15) is 40.5 Å². The maximum atomic E-state index is 11.8. The van der Waals surface area contributed by atoms with Crippen molar-refractivity contribution < 1.29 is 9.90 Å². The maximum Gasteiger partial charge on any atom is 0.325 e. The van der Waals surface area contributed by atoms with Gasteiger partial charge in [0, 0.05) is 11.8 Å². The molecule has 0 aromatic heterocycles. The highest BCUT2D eigenvalue weighted by Crippen LogP contribution is 2.59. The summed E-state index contributed by atoms with van der Waals surface area (Å²) in [6.07, 6.45) is 0.461. The molecular formula is C17H13ClO2. The fourth-order valence-corrected chi connectivity index (χ4v) is 4.25. The van der Waals surface area contributed by atoms with Crippen LogP contribution in [-0.4, -0.2) is 16.0 Å². The number of carbonyl (C=O) groups is 1. The van der Waals surface area contributed by atoms with Crippen molar-refractivity contribution in [3.8, 4) is 0 Å². The van der Waals surface area contributed by atoms with E-state index in [1.165, 1.54) is 11.1 Å². The van der Waals surface area contributed by atoms with E-state index in [0.29, 0.717) is 6.42 Å². The Morgan fingerprint density at radius 2 is 1.45 bits per heavy atom. The molecule has 0 heterocycles. The van der Waals surface area contributed by atoms with Gasteiger partial charge >= 0.3 is 5.97 Å². The third-order valence-electron chi connectivity index (χ3n) is 4.68. The minimum Gasteiger partial charge on any atom is -0.480 e. The van der Waals surface area contributed by atoms with Crippen LogP contribution in [0.25, 0.3) is 0 Å². The van der Waals surface area contributed by atoms with E-state index >= 15 is 0 Å². The summed E-state index contributed by atoms with van der Waals surface area (Å²) in [5.41, 5.74) is 4.60. The number of benzene rings is 2. The molecule has 0 radical (unpaired) electrons. The molecule has 0 unspecified atom stereocenters. The predicted octanol–water partition coefficient (Wildman–Crippen LogP) is 3.73. The van der Waals surface area contributed by atoms with E-state index in [4.69, 9.17) is 11.6 Å². The van der Waals surface area contributed by atoms with Gasteiger partial charge in [0.05, 0.1) is 0 Å². The summed E-state index contributed by atoms with van der Waals surface area (Å²) in [6, 6.07) is 16.2. The van der Waals surface area contributed by atoms with Gasteiger partial charge in [0.1, 0.15) is 0 Å². The molecule has 3 aliphatic rings. The van der Waals surface area contributed by atoms with Crippen LogP contribution in [0.4, 0.5) is 0 Å². The molecule has 2 nitrogen and oxygen atoms in total. The average Bonchev–Trinajstić information content (AvgIpc) is 2.47. The van der Waals surface area contributed by atoms with Crippen LogP contribution in [0.2, 0.25) is 0 Å². The second-order valence-electron chi connectivity index (χ2n) is 5.62. The second-order valence-corrected chi connectivity index (χ2v) is 6.29. The summed E-state index contributed by atoms with van der Waals surface area (Å²) in [5, 5.41) is 9.64. The van der Waals surface area contributed by atoms with Gasteiger partial charge in [-0.2, -0.15) is 0 Å². The fraction of sp³-hybridized carbons (Fsp3) is 0.235. The highest BCUT2D eigenvalue weighted by Gasteiger charge is 2.56. The number of hydrogen-bond acceptors (Lipinski definition) is 1. The standard InChI is InChI=1S/C17H13ClO2/c18-17(16(19)20)9-14-10-5-1-3-7-12(10)15(17)13-8-4-2-6-11(13)14/h1-8,14-15H,9H2,(H,19,20)/t14?,15?,17-/m1/s1. The summed E-state index contributed by atoms with van der Waals surface area (Å²) >= 11 is 6.56. The number of carboxylic acids is 1. The monoisotopic (exact) mass is 284 g/mol. The molecule has 0 fully saturated rings. The number of hydrogen-bond donors (Lipinski definition) is 1. The lowest BCUT2D eigenvalue weighted by molar-refractivity contribution is -0.141. The Hall–Kier alpha value is -1.80. The molecule has 1 atom stereocenters. The third-order valence-corrected chi connectivity index (χ3v) is 5.21. The molecule has 0 saturated carbocycles.